The van der Waals surface area contributed by atoms with Gasteiger partial charge in [0.25, 0.3) is 0 Å². The first-order chi connectivity index (χ1) is 6.90. The highest BCUT2D eigenvalue weighted by Gasteiger charge is 2.26. The lowest BCUT2D eigenvalue weighted by Crippen LogP contribution is -2.38. The zero-order chi connectivity index (χ0) is 11.5. The molecule has 0 radical (unpaired) electrons. The summed E-state index contributed by atoms with van der Waals surface area (Å²) in [7, 11) is 1.96. The summed E-state index contributed by atoms with van der Waals surface area (Å²) in [6.45, 7) is 5.62. The van der Waals surface area contributed by atoms with E-state index in [-0.39, 0.29) is 12.1 Å². The standard InChI is InChI=1S/C11H22N2O2/c1-11(2,3)15-10(14)13-9-6-5-8(7-9)12-4/h8-9,12H,5-7H2,1-4H3,(H,13,14)/t8-,9?/m1/s1. The van der Waals surface area contributed by atoms with Crippen molar-refractivity contribution < 1.29 is 9.53 Å². The highest BCUT2D eigenvalue weighted by atomic mass is 16.6. The van der Waals surface area contributed by atoms with Crippen LogP contribution in [0.4, 0.5) is 4.79 Å². The average molecular weight is 214 g/mol. The molecule has 4 heteroatoms. The van der Waals surface area contributed by atoms with Gasteiger partial charge in [0, 0.05) is 12.1 Å². The number of alkyl carbamates (subject to hydrolysis) is 1. The van der Waals surface area contributed by atoms with Crippen molar-refractivity contribution in [2.75, 3.05) is 7.05 Å². The van der Waals surface area contributed by atoms with Gasteiger partial charge in [-0.25, -0.2) is 4.79 Å². The summed E-state index contributed by atoms with van der Waals surface area (Å²) in [4.78, 5) is 11.5. The lowest BCUT2D eigenvalue weighted by Gasteiger charge is -2.21. The lowest BCUT2D eigenvalue weighted by molar-refractivity contribution is 0.0505. The van der Waals surface area contributed by atoms with Gasteiger partial charge in [-0.3, -0.25) is 0 Å². The Morgan fingerprint density at radius 1 is 1.27 bits per heavy atom. The maximum atomic E-state index is 11.5. The number of hydrogen-bond acceptors (Lipinski definition) is 3. The first-order valence-electron chi connectivity index (χ1n) is 5.57. The van der Waals surface area contributed by atoms with Crippen molar-refractivity contribution in [1.29, 1.82) is 0 Å². The maximum absolute atomic E-state index is 11.5. The van der Waals surface area contributed by atoms with Crippen molar-refractivity contribution in [3.63, 3.8) is 0 Å². The molecule has 15 heavy (non-hydrogen) atoms. The summed E-state index contributed by atoms with van der Waals surface area (Å²) in [6.07, 6.45) is 2.85. The van der Waals surface area contributed by atoms with Crippen LogP contribution < -0.4 is 10.6 Å². The smallest absolute Gasteiger partial charge is 0.407 e. The van der Waals surface area contributed by atoms with Gasteiger partial charge in [0.15, 0.2) is 0 Å². The molecule has 88 valence electrons. The predicted octanol–water partition coefficient (Wildman–Crippen LogP) is 1.65. The second kappa shape index (κ2) is 4.84. The summed E-state index contributed by atoms with van der Waals surface area (Å²) in [5.74, 6) is 0. The Morgan fingerprint density at radius 2 is 1.87 bits per heavy atom. The summed E-state index contributed by atoms with van der Waals surface area (Å²) in [5, 5.41) is 6.12. The quantitative estimate of drug-likeness (QED) is 0.735. The van der Waals surface area contributed by atoms with E-state index in [1.165, 1.54) is 0 Å². The van der Waals surface area contributed by atoms with E-state index >= 15 is 0 Å². The van der Waals surface area contributed by atoms with E-state index < -0.39 is 5.60 Å². The number of amides is 1. The average Bonchev–Trinajstić information content (AvgIpc) is 2.48. The van der Waals surface area contributed by atoms with Crippen molar-refractivity contribution >= 4 is 6.09 Å². The van der Waals surface area contributed by atoms with Crippen LogP contribution in [0.15, 0.2) is 0 Å². The van der Waals surface area contributed by atoms with E-state index in [9.17, 15) is 4.79 Å². The molecule has 0 aromatic carbocycles. The van der Waals surface area contributed by atoms with Gasteiger partial charge in [0.1, 0.15) is 5.60 Å². The monoisotopic (exact) mass is 214 g/mol. The third-order valence-corrected chi connectivity index (χ3v) is 2.56. The molecule has 0 heterocycles. The minimum absolute atomic E-state index is 0.261. The molecule has 0 spiro atoms. The van der Waals surface area contributed by atoms with E-state index in [0.29, 0.717) is 6.04 Å². The molecule has 0 aromatic heterocycles. The molecule has 1 fully saturated rings. The molecule has 1 unspecified atom stereocenters. The van der Waals surface area contributed by atoms with E-state index in [0.717, 1.165) is 19.3 Å². The fraction of sp³-hybridized carbons (Fsp3) is 0.909. The van der Waals surface area contributed by atoms with Crippen molar-refractivity contribution in [2.45, 2.75) is 57.7 Å². The van der Waals surface area contributed by atoms with Crippen LogP contribution in [0.2, 0.25) is 0 Å². The van der Waals surface area contributed by atoms with Gasteiger partial charge in [-0.1, -0.05) is 0 Å². The predicted molar refractivity (Wildman–Crippen MR) is 59.9 cm³/mol. The third kappa shape index (κ3) is 4.51. The molecule has 1 aliphatic carbocycles. The molecule has 0 aliphatic heterocycles. The largest absolute Gasteiger partial charge is 0.444 e. The molecule has 1 rings (SSSR count). The molecule has 0 aromatic rings. The number of nitrogens with one attached hydrogen (secondary N) is 2. The van der Waals surface area contributed by atoms with E-state index in [1.54, 1.807) is 0 Å². The first-order valence-corrected chi connectivity index (χ1v) is 5.57. The number of hydrogen-bond donors (Lipinski definition) is 2. The summed E-state index contributed by atoms with van der Waals surface area (Å²) in [6, 6.07) is 0.794. The van der Waals surface area contributed by atoms with Gasteiger partial charge in [-0.15, -0.1) is 0 Å². The van der Waals surface area contributed by atoms with Crippen molar-refractivity contribution in [3.05, 3.63) is 0 Å². The minimum atomic E-state index is -0.412. The van der Waals surface area contributed by atoms with Gasteiger partial charge in [-0.2, -0.15) is 0 Å². The Kier molecular flexibility index (Phi) is 3.97. The molecular weight excluding hydrogens is 192 g/mol. The van der Waals surface area contributed by atoms with Crippen LogP contribution >= 0.6 is 0 Å². The van der Waals surface area contributed by atoms with Gasteiger partial charge in [0.05, 0.1) is 0 Å². The number of carbonyl (C=O) groups is 1. The Morgan fingerprint density at radius 3 is 2.33 bits per heavy atom. The molecule has 4 nitrogen and oxygen atoms in total. The van der Waals surface area contributed by atoms with Gasteiger partial charge in [-0.05, 0) is 47.1 Å². The fourth-order valence-electron chi connectivity index (χ4n) is 1.85. The summed E-state index contributed by atoms with van der Waals surface area (Å²) in [5.41, 5.74) is -0.412. The normalized spacial score (nSPS) is 26.4. The van der Waals surface area contributed by atoms with Crippen LogP contribution in [0.3, 0.4) is 0 Å². The topological polar surface area (TPSA) is 50.4 Å². The molecule has 0 saturated heterocycles. The van der Waals surface area contributed by atoms with Crippen LogP contribution in [-0.2, 0) is 4.74 Å². The van der Waals surface area contributed by atoms with E-state index in [1.807, 2.05) is 27.8 Å². The highest BCUT2D eigenvalue weighted by molar-refractivity contribution is 5.68. The zero-order valence-corrected chi connectivity index (χ0v) is 10.1. The van der Waals surface area contributed by atoms with Gasteiger partial charge < -0.3 is 15.4 Å². The second-order valence-corrected chi connectivity index (χ2v) is 5.14. The second-order valence-electron chi connectivity index (χ2n) is 5.14. The SMILES string of the molecule is CN[C@@H]1CCC(NC(=O)OC(C)(C)C)C1. The van der Waals surface area contributed by atoms with Crippen molar-refractivity contribution in [3.8, 4) is 0 Å². The molecule has 1 amide bonds. The maximum Gasteiger partial charge on any atom is 0.407 e. The van der Waals surface area contributed by atoms with E-state index in [2.05, 4.69) is 10.6 Å². The minimum Gasteiger partial charge on any atom is -0.444 e. The zero-order valence-electron chi connectivity index (χ0n) is 10.1. The summed E-state index contributed by atoms with van der Waals surface area (Å²) < 4.78 is 5.20. The molecule has 2 atom stereocenters. The molecule has 1 aliphatic rings. The molecule has 1 saturated carbocycles. The number of carbonyl (C=O) groups excluding carboxylic acids is 1. The Hall–Kier alpha value is -0.770. The van der Waals surface area contributed by atoms with Crippen LogP contribution in [0, 0.1) is 0 Å². The van der Waals surface area contributed by atoms with E-state index in [4.69, 9.17) is 4.74 Å². The lowest BCUT2D eigenvalue weighted by atomic mass is 10.2. The third-order valence-electron chi connectivity index (χ3n) is 2.56. The number of ether oxygens (including phenoxy) is 1. The van der Waals surface area contributed by atoms with Gasteiger partial charge >= 0.3 is 6.09 Å². The van der Waals surface area contributed by atoms with Crippen LogP contribution in [-0.4, -0.2) is 30.8 Å². The number of rotatable bonds is 2. The molecular formula is C11H22N2O2. The Balaban J connectivity index is 2.28. The van der Waals surface area contributed by atoms with Crippen molar-refractivity contribution in [1.82, 2.24) is 10.6 Å². The van der Waals surface area contributed by atoms with Crippen LogP contribution in [0.25, 0.3) is 0 Å². The Bertz CT molecular complexity index is 223. The van der Waals surface area contributed by atoms with Crippen molar-refractivity contribution in [2.24, 2.45) is 0 Å². The molecule has 0 bridgehead atoms. The molecule has 2 N–H and O–H groups in total. The highest BCUT2D eigenvalue weighted by Crippen LogP contribution is 2.19. The Labute approximate surface area is 91.8 Å². The fourth-order valence-corrected chi connectivity index (χ4v) is 1.85. The van der Waals surface area contributed by atoms with Gasteiger partial charge in [0.2, 0.25) is 0 Å². The van der Waals surface area contributed by atoms with Crippen LogP contribution in [0.5, 0.6) is 0 Å². The van der Waals surface area contributed by atoms with Crippen LogP contribution in [0.1, 0.15) is 40.0 Å². The first kappa shape index (κ1) is 12.3. The summed E-state index contributed by atoms with van der Waals surface area (Å²) >= 11 is 0.